The summed E-state index contributed by atoms with van der Waals surface area (Å²) in [6.07, 6.45) is 3.05. The van der Waals surface area contributed by atoms with Gasteiger partial charge in [0.25, 0.3) is 5.91 Å². The van der Waals surface area contributed by atoms with Crippen LogP contribution in [0.1, 0.15) is 24.8 Å². The Bertz CT molecular complexity index is 822. The van der Waals surface area contributed by atoms with E-state index in [1.54, 1.807) is 0 Å². The van der Waals surface area contributed by atoms with Crippen molar-refractivity contribution < 1.29 is 9.53 Å². The predicted octanol–water partition coefficient (Wildman–Crippen LogP) is 3.54. The van der Waals surface area contributed by atoms with Gasteiger partial charge in [-0.2, -0.15) is 0 Å². The summed E-state index contributed by atoms with van der Waals surface area (Å²) < 4.78 is 6.17. The minimum atomic E-state index is -0.229. The van der Waals surface area contributed by atoms with Crippen LogP contribution in [0.15, 0.2) is 54.6 Å². The largest absolute Gasteiger partial charge is 0.378 e. The number of carbonyl (C=O) groups is 1. The van der Waals surface area contributed by atoms with Crippen molar-refractivity contribution in [2.45, 2.75) is 31.4 Å². The fourth-order valence-electron chi connectivity index (χ4n) is 4.40. The molecule has 2 aromatic carbocycles. The van der Waals surface area contributed by atoms with Crippen molar-refractivity contribution >= 4 is 17.3 Å². The van der Waals surface area contributed by atoms with Gasteiger partial charge in [-0.1, -0.05) is 30.3 Å². The lowest BCUT2D eigenvalue weighted by Crippen LogP contribution is -2.55. The molecular formula is C24H31N3O2. The van der Waals surface area contributed by atoms with Crippen LogP contribution in [0.4, 0.5) is 11.4 Å². The Morgan fingerprint density at radius 2 is 1.76 bits per heavy atom. The number of nitrogens with zero attached hydrogens (tertiary/aromatic N) is 3. The number of benzene rings is 2. The summed E-state index contributed by atoms with van der Waals surface area (Å²) in [5.74, 6) is 0.0592. The standard InChI is InChI=1S/C24H31N3O2/c1-25(2)21-11-9-20(10-12-21)17-26-15-6-13-24(14-16-26)19-27(23(28)18-29-24)22-7-4-3-5-8-22/h3-5,7-12H,6,13-19H2,1-2H3. The lowest BCUT2D eigenvalue weighted by molar-refractivity contribution is -0.140. The van der Waals surface area contributed by atoms with E-state index >= 15 is 0 Å². The fraction of sp³-hybridized carbons (Fsp3) is 0.458. The van der Waals surface area contributed by atoms with Crippen molar-refractivity contribution in [1.82, 2.24) is 4.90 Å². The highest BCUT2D eigenvalue weighted by Gasteiger charge is 2.41. The zero-order chi connectivity index (χ0) is 20.3. The molecule has 5 nitrogen and oxygen atoms in total. The topological polar surface area (TPSA) is 36.0 Å². The molecule has 0 aliphatic carbocycles. The van der Waals surface area contributed by atoms with Gasteiger partial charge in [0.05, 0.1) is 12.1 Å². The van der Waals surface area contributed by atoms with Gasteiger partial charge in [0.15, 0.2) is 0 Å². The summed E-state index contributed by atoms with van der Waals surface area (Å²) in [5, 5.41) is 0. The summed E-state index contributed by atoms with van der Waals surface area (Å²) in [5.41, 5.74) is 3.32. The van der Waals surface area contributed by atoms with Gasteiger partial charge in [-0.3, -0.25) is 9.69 Å². The smallest absolute Gasteiger partial charge is 0.253 e. The van der Waals surface area contributed by atoms with Crippen LogP contribution in [0, 0.1) is 0 Å². The highest BCUT2D eigenvalue weighted by Crippen LogP contribution is 2.33. The van der Waals surface area contributed by atoms with Crippen LogP contribution in [-0.4, -0.2) is 56.7 Å². The van der Waals surface area contributed by atoms with Crippen molar-refractivity contribution in [3.63, 3.8) is 0 Å². The van der Waals surface area contributed by atoms with Crippen molar-refractivity contribution in [1.29, 1.82) is 0 Å². The number of likely N-dealkylation sites (tertiary alicyclic amines) is 1. The first-order valence-corrected chi connectivity index (χ1v) is 10.5. The minimum Gasteiger partial charge on any atom is -0.378 e. The number of para-hydroxylation sites is 1. The third-order valence-corrected chi connectivity index (χ3v) is 6.17. The summed E-state index contributed by atoms with van der Waals surface area (Å²) in [6, 6.07) is 18.8. The number of carbonyl (C=O) groups excluding carboxylic acids is 1. The first-order chi connectivity index (χ1) is 14.0. The second-order valence-electron chi connectivity index (χ2n) is 8.48. The molecular weight excluding hydrogens is 362 g/mol. The van der Waals surface area contributed by atoms with Gasteiger partial charge in [-0.05, 0) is 55.6 Å². The van der Waals surface area contributed by atoms with Crippen LogP contribution < -0.4 is 9.80 Å². The molecule has 1 unspecified atom stereocenters. The van der Waals surface area contributed by atoms with Gasteiger partial charge < -0.3 is 14.5 Å². The minimum absolute atomic E-state index is 0.0592. The van der Waals surface area contributed by atoms with Crippen LogP contribution >= 0.6 is 0 Å². The van der Waals surface area contributed by atoms with E-state index in [1.165, 1.54) is 11.3 Å². The van der Waals surface area contributed by atoms with E-state index in [4.69, 9.17) is 4.74 Å². The zero-order valence-corrected chi connectivity index (χ0v) is 17.5. The maximum absolute atomic E-state index is 12.5. The quantitative estimate of drug-likeness (QED) is 0.796. The second kappa shape index (κ2) is 8.56. The Labute approximate surface area is 173 Å². The van der Waals surface area contributed by atoms with E-state index in [-0.39, 0.29) is 18.1 Å². The first kappa shape index (κ1) is 19.9. The Balaban J connectivity index is 1.40. The lowest BCUT2D eigenvalue weighted by atomic mass is 9.92. The molecule has 1 amide bonds. The van der Waals surface area contributed by atoms with Crippen LogP contribution in [0.5, 0.6) is 0 Å². The summed E-state index contributed by atoms with van der Waals surface area (Å²) in [4.78, 5) is 19.0. The molecule has 2 heterocycles. The van der Waals surface area contributed by atoms with Gasteiger partial charge in [0.2, 0.25) is 0 Å². The van der Waals surface area contributed by atoms with Gasteiger partial charge in [0, 0.05) is 38.6 Å². The number of hydrogen-bond donors (Lipinski definition) is 0. The van der Waals surface area contributed by atoms with Crippen LogP contribution in [0.3, 0.4) is 0 Å². The Kier molecular flexibility index (Phi) is 5.88. The molecule has 154 valence electrons. The lowest BCUT2D eigenvalue weighted by Gasteiger charge is -2.42. The molecule has 0 N–H and O–H groups in total. The van der Waals surface area contributed by atoms with Crippen molar-refractivity contribution in [2.75, 3.05) is 50.1 Å². The number of morpholine rings is 1. The third-order valence-electron chi connectivity index (χ3n) is 6.17. The molecule has 2 fully saturated rings. The molecule has 2 aliphatic heterocycles. The SMILES string of the molecule is CN(C)c1ccc(CN2CCCC3(CC2)CN(c2ccccc2)C(=O)CO3)cc1. The number of amides is 1. The Morgan fingerprint density at radius 1 is 1.00 bits per heavy atom. The predicted molar refractivity (Wildman–Crippen MR) is 117 cm³/mol. The van der Waals surface area contributed by atoms with Gasteiger partial charge in [-0.25, -0.2) is 0 Å². The number of ether oxygens (including phenoxy) is 1. The summed E-state index contributed by atoms with van der Waals surface area (Å²) in [6.45, 7) is 3.86. The highest BCUT2D eigenvalue weighted by molar-refractivity contribution is 5.95. The molecule has 5 heteroatoms. The molecule has 2 aliphatic rings. The van der Waals surface area contributed by atoms with E-state index < -0.39 is 0 Å². The number of anilines is 2. The van der Waals surface area contributed by atoms with Gasteiger partial charge >= 0.3 is 0 Å². The number of hydrogen-bond acceptors (Lipinski definition) is 4. The number of rotatable bonds is 4. The molecule has 1 atom stereocenters. The zero-order valence-electron chi connectivity index (χ0n) is 17.5. The maximum Gasteiger partial charge on any atom is 0.253 e. The molecule has 29 heavy (non-hydrogen) atoms. The fourth-order valence-corrected chi connectivity index (χ4v) is 4.40. The average molecular weight is 394 g/mol. The van der Waals surface area contributed by atoms with Crippen LogP contribution in [0.2, 0.25) is 0 Å². The van der Waals surface area contributed by atoms with Crippen LogP contribution in [-0.2, 0) is 16.1 Å². The van der Waals surface area contributed by atoms with E-state index in [9.17, 15) is 4.79 Å². The normalized spacial score (nSPS) is 23.2. The first-order valence-electron chi connectivity index (χ1n) is 10.5. The average Bonchev–Trinajstić information content (AvgIpc) is 2.93. The monoisotopic (exact) mass is 393 g/mol. The van der Waals surface area contributed by atoms with E-state index in [2.05, 4.69) is 48.2 Å². The van der Waals surface area contributed by atoms with Gasteiger partial charge in [0.1, 0.15) is 6.61 Å². The highest BCUT2D eigenvalue weighted by atomic mass is 16.5. The molecule has 2 aromatic rings. The second-order valence-corrected chi connectivity index (χ2v) is 8.48. The maximum atomic E-state index is 12.5. The molecule has 0 radical (unpaired) electrons. The van der Waals surface area contributed by atoms with E-state index in [0.29, 0.717) is 6.54 Å². The third kappa shape index (κ3) is 4.62. The Morgan fingerprint density at radius 3 is 2.48 bits per heavy atom. The van der Waals surface area contributed by atoms with E-state index in [1.807, 2.05) is 35.2 Å². The molecule has 0 bridgehead atoms. The summed E-state index contributed by atoms with van der Waals surface area (Å²) >= 11 is 0. The van der Waals surface area contributed by atoms with E-state index in [0.717, 1.165) is 44.6 Å². The molecule has 2 saturated heterocycles. The van der Waals surface area contributed by atoms with Crippen LogP contribution in [0.25, 0.3) is 0 Å². The Hall–Kier alpha value is -2.37. The van der Waals surface area contributed by atoms with Crippen molar-refractivity contribution in [3.05, 3.63) is 60.2 Å². The summed E-state index contributed by atoms with van der Waals surface area (Å²) in [7, 11) is 4.13. The van der Waals surface area contributed by atoms with Crippen molar-refractivity contribution in [2.24, 2.45) is 0 Å². The molecule has 0 saturated carbocycles. The molecule has 0 aromatic heterocycles. The van der Waals surface area contributed by atoms with Crippen molar-refractivity contribution in [3.8, 4) is 0 Å². The molecule has 4 rings (SSSR count). The van der Waals surface area contributed by atoms with Gasteiger partial charge in [-0.15, -0.1) is 0 Å². The molecule has 1 spiro atoms.